The van der Waals surface area contributed by atoms with E-state index in [1.807, 2.05) is 61.5 Å². The molecule has 0 saturated carbocycles. The summed E-state index contributed by atoms with van der Waals surface area (Å²) in [5, 5.41) is 7.19. The van der Waals surface area contributed by atoms with Gasteiger partial charge in [0.25, 0.3) is 0 Å². The molecule has 1 N–H and O–H groups in total. The fraction of sp³-hybridized carbons (Fsp3) is 0.200. The number of aryl methyl sites for hydroxylation is 2. The van der Waals surface area contributed by atoms with Crippen molar-refractivity contribution >= 4 is 11.9 Å². The van der Waals surface area contributed by atoms with E-state index < -0.39 is 6.09 Å². The minimum Gasteiger partial charge on any atom is -0.497 e. The van der Waals surface area contributed by atoms with E-state index in [1.54, 1.807) is 18.8 Å². The second-order valence-corrected chi connectivity index (χ2v) is 5.90. The summed E-state index contributed by atoms with van der Waals surface area (Å²) >= 11 is 0. The van der Waals surface area contributed by atoms with Gasteiger partial charge in [-0.3, -0.25) is 10.00 Å². The Morgan fingerprint density at radius 3 is 2.58 bits per heavy atom. The van der Waals surface area contributed by atoms with E-state index in [-0.39, 0.29) is 6.61 Å². The van der Waals surface area contributed by atoms with E-state index >= 15 is 0 Å². The van der Waals surface area contributed by atoms with E-state index in [2.05, 4.69) is 10.4 Å². The number of amides is 1. The lowest BCUT2D eigenvalue weighted by Crippen LogP contribution is -2.15. The van der Waals surface area contributed by atoms with Gasteiger partial charge >= 0.3 is 6.09 Å². The third-order valence-corrected chi connectivity index (χ3v) is 4.06. The van der Waals surface area contributed by atoms with Gasteiger partial charge in [-0.25, -0.2) is 4.79 Å². The molecular weight excluding hydrogens is 330 g/mol. The summed E-state index contributed by atoms with van der Waals surface area (Å²) in [5.74, 6) is 1.33. The maximum Gasteiger partial charge on any atom is 0.413 e. The van der Waals surface area contributed by atoms with Gasteiger partial charge in [0, 0.05) is 18.7 Å². The van der Waals surface area contributed by atoms with Crippen LogP contribution in [0.2, 0.25) is 0 Å². The van der Waals surface area contributed by atoms with Crippen molar-refractivity contribution < 1.29 is 14.3 Å². The molecule has 0 radical (unpaired) electrons. The normalized spacial score (nSPS) is 10.4. The van der Waals surface area contributed by atoms with Crippen LogP contribution >= 0.6 is 0 Å². The maximum atomic E-state index is 12.1. The number of hydrogen-bond acceptors (Lipinski definition) is 4. The molecule has 1 heterocycles. The average Bonchev–Trinajstić information content (AvgIpc) is 3.01. The molecule has 0 saturated heterocycles. The van der Waals surface area contributed by atoms with Crippen molar-refractivity contribution in [3.05, 3.63) is 65.7 Å². The second-order valence-electron chi connectivity index (χ2n) is 5.90. The predicted octanol–water partition coefficient (Wildman–Crippen LogP) is 4.15. The molecule has 2 aromatic carbocycles. The van der Waals surface area contributed by atoms with Gasteiger partial charge in [-0.2, -0.15) is 5.10 Å². The Morgan fingerprint density at radius 1 is 1.15 bits per heavy atom. The number of hydrogen-bond donors (Lipinski definition) is 1. The Hall–Kier alpha value is -3.28. The summed E-state index contributed by atoms with van der Waals surface area (Å²) in [6.07, 6.45) is -0.528. The number of methoxy groups -OCH3 is 1. The molecule has 1 aromatic heterocycles. The Morgan fingerprint density at radius 2 is 1.88 bits per heavy atom. The molecule has 0 unspecified atom stereocenters. The molecular formula is C20H21N3O3. The number of anilines is 1. The van der Waals surface area contributed by atoms with Crippen molar-refractivity contribution in [3.63, 3.8) is 0 Å². The standard InChI is InChI=1S/C20H21N3O3/c1-14-6-4-5-7-17(14)18-12-19(23(2)22-18)21-20(24)26-13-15-8-10-16(25-3)11-9-15/h4-12H,13H2,1-3H3,(H,21,24). The van der Waals surface area contributed by atoms with Gasteiger partial charge in [0.05, 0.1) is 12.8 Å². The van der Waals surface area contributed by atoms with Gasteiger partial charge in [-0.1, -0.05) is 36.4 Å². The van der Waals surface area contributed by atoms with E-state index in [0.29, 0.717) is 5.82 Å². The molecule has 0 fully saturated rings. The topological polar surface area (TPSA) is 65.4 Å². The molecule has 1 amide bonds. The van der Waals surface area contributed by atoms with Crippen molar-refractivity contribution in [3.8, 4) is 17.0 Å². The zero-order chi connectivity index (χ0) is 18.5. The largest absolute Gasteiger partial charge is 0.497 e. The molecule has 0 atom stereocenters. The lowest BCUT2D eigenvalue weighted by atomic mass is 10.1. The summed E-state index contributed by atoms with van der Waals surface area (Å²) in [6, 6.07) is 17.2. The predicted molar refractivity (Wildman–Crippen MR) is 100 cm³/mol. The number of rotatable bonds is 5. The summed E-state index contributed by atoms with van der Waals surface area (Å²) < 4.78 is 12.0. The van der Waals surface area contributed by atoms with Crippen LogP contribution in [0.15, 0.2) is 54.6 Å². The number of carbonyl (C=O) groups is 1. The third-order valence-electron chi connectivity index (χ3n) is 4.06. The summed E-state index contributed by atoms with van der Waals surface area (Å²) in [7, 11) is 3.39. The lowest BCUT2D eigenvalue weighted by molar-refractivity contribution is 0.155. The van der Waals surface area contributed by atoms with Crippen LogP contribution in [-0.4, -0.2) is 23.0 Å². The first-order chi connectivity index (χ1) is 12.6. The molecule has 0 aliphatic heterocycles. The van der Waals surface area contributed by atoms with Gasteiger partial charge < -0.3 is 9.47 Å². The molecule has 6 heteroatoms. The average molecular weight is 351 g/mol. The molecule has 3 rings (SSSR count). The van der Waals surface area contributed by atoms with E-state index in [0.717, 1.165) is 28.1 Å². The van der Waals surface area contributed by atoms with Gasteiger partial charge in [0.1, 0.15) is 18.2 Å². The minimum atomic E-state index is -0.528. The fourth-order valence-corrected chi connectivity index (χ4v) is 2.59. The first-order valence-electron chi connectivity index (χ1n) is 8.23. The monoisotopic (exact) mass is 351 g/mol. The van der Waals surface area contributed by atoms with Crippen molar-refractivity contribution in [2.45, 2.75) is 13.5 Å². The number of ether oxygens (including phenoxy) is 2. The first-order valence-corrected chi connectivity index (χ1v) is 8.23. The molecule has 134 valence electrons. The van der Waals surface area contributed by atoms with Gasteiger partial charge in [-0.15, -0.1) is 0 Å². The molecule has 0 bridgehead atoms. The van der Waals surface area contributed by atoms with Crippen molar-refractivity contribution in [2.75, 3.05) is 12.4 Å². The zero-order valence-electron chi connectivity index (χ0n) is 15.0. The van der Waals surface area contributed by atoms with Gasteiger partial charge in [0.15, 0.2) is 0 Å². The van der Waals surface area contributed by atoms with Crippen LogP contribution < -0.4 is 10.1 Å². The van der Waals surface area contributed by atoms with Crippen LogP contribution in [0, 0.1) is 6.92 Å². The highest BCUT2D eigenvalue weighted by Crippen LogP contribution is 2.24. The Kier molecular flexibility index (Phi) is 5.22. The molecule has 6 nitrogen and oxygen atoms in total. The molecule has 0 spiro atoms. The van der Waals surface area contributed by atoms with Crippen molar-refractivity contribution in [1.29, 1.82) is 0 Å². The van der Waals surface area contributed by atoms with Crippen LogP contribution in [0.25, 0.3) is 11.3 Å². The lowest BCUT2D eigenvalue weighted by Gasteiger charge is -2.07. The second kappa shape index (κ2) is 7.74. The van der Waals surface area contributed by atoms with E-state index in [4.69, 9.17) is 9.47 Å². The van der Waals surface area contributed by atoms with Crippen LogP contribution in [0.3, 0.4) is 0 Å². The van der Waals surface area contributed by atoms with E-state index in [9.17, 15) is 4.79 Å². The molecule has 0 aliphatic rings. The highest BCUT2D eigenvalue weighted by molar-refractivity contribution is 5.84. The quantitative estimate of drug-likeness (QED) is 0.750. The smallest absolute Gasteiger partial charge is 0.413 e. The third kappa shape index (κ3) is 4.03. The van der Waals surface area contributed by atoms with E-state index in [1.165, 1.54) is 0 Å². The van der Waals surface area contributed by atoms with Crippen molar-refractivity contribution in [1.82, 2.24) is 9.78 Å². The SMILES string of the molecule is COc1ccc(COC(=O)Nc2cc(-c3ccccc3C)nn2C)cc1. The summed E-state index contributed by atoms with van der Waals surface area (Å²) in [5.41, 5.74) is 3.84. The number of benzene rings is 2. The Bertz CT molecular complexity index is 901. The molecule has 0 aliphatic carbocycles. The van der Waals surface area contributed by atoms with Gasteiger partial charge in [0.2, 0.25) is 0 Å². The number of nitrogens with zero attached hydrogens (tertiary/aromatic N) is 2. The van der Waals surface area contributed by atoms with Crippen LogP contribution in [0.4, 0.5) is 10.6 Å². The Balaban J connectivity index is 1.63. The zero-order valence-corrected chi connectivity index (χ0v) is 15.0. The highest BCUT2D eigenvalue weighted by atomic mass is 16.5. The summed E-state index contributed by atoms with van der Waals surface area (Å²) in [4.78, 5) is 12.1. The number of carbonyl (C=O) groups excluding carboxylic acids is 1. The minimum absolute atomic E-state index is 0.179. The number of aromatic nitrogens is 2. The first kappa shape index (κ1) is 17.5. The number of nitrogens with one attached hydrogen (secondary N) is 1. The maximum absolute atomic E-state index is 12.1. The van der Waals surface area contributed by atoms with Gasteiger partial charge in [-0.05, 0) is 30.2 Å². The van der Waals surface area contributed by atoms with Crippen LogP contribution in [0.5, 0.6) is 5.75 Å². The Labute approximate surface area is 152 Å². The van der Waals surface area contributed by atoms with Crippen LogP contribution in [0.1, 0.15) is 11.1 Å². The highest BCUT2D eigenvalue weighted by Gasteiger charge is 2.12. The van der Waals surface area contributed by atoms with Crippen molar-refractivity contribution in [2.24, 2.45) is 7.05 Å². The molecule has 26 heavy (non-hydrogen) atoms. The summed E-state index contributed by atoms with van der Waals surface area (Å²) in [6.45, 7) is 2.21. The van der Waals surface area contributed by atoms with Crippen LogP contribution in [-0.2, 0) is 18.4 Å². The molecule has 3 aromatic rings. The fourth-order valence-electron chi connectivity index (χ4n) is 2.59.